The summed E-state index contributed by atoms with van der Waals surface area (Å²) in [6.45, 7) is 4.41. The molecule has 1 aromatic heterocycles. The number of aliphatic hydroxyl groups is 1. The van der Waals surface area contributed by atoms with Gasteiger partial charge in [-0.25, -0.2) is 9.97 Å². The van der Waals surface area contributed by atoms with Crippen LogP contribution in [0.3, 0.4) is 0 Å². The first-order valence-electron chi connectivity index (χ1n) is 6.01. The number of hydrogen-bond donors (Lipinski definition) is 2. The molecule has 18 heavy (non-hydrogen) atoms. The molecular weight excluding hydrogens is 254 g/mol. The van der Waals surface area contributed by atoms with Gasteiger partial charge < -0.3 is 10.4 Å². The first kappa shape index (κ1) is 14.9. The maximum absolute atomic E-state index is 10.9. The molecule has 0 radical (unpaired) electrons. The summed E-state index contributed by atoms with van der Waals surface area (Å²) in [5.74, 6) is 0.587. The van der Waals surface area contributed by atoms with Crippen LogP contribution in [0.4, 0.5) is 5.82 Å². The molecule has 1 rings (SSSR count). The molecule has 0 amide bonds. The fourth-order valence-electron chi connectivity index (χ4n) is 1.82. The van der Waals surface area contributed by atoms with Gasteiger partial charge in [0.1, 0.15) is 17.3 Å². The van der Waals surface area contributed by atoms with Crippen molar-refractivity contribution in [2.75, 3.05) is 11.9 Å². The largest absolute Gasteiger partial charge is 0.391 e. The van der Waals surface area contributed by atoms with E-state index in [4.69, 9.17) is 11.6 Å². The van der Waals surface area contributed by atoms with Crippen molar-refractivity contribution in [1.82, 2.24) is 9.97 Å². The number of rotatable bonds is 7. The standard InChI is InChI=1S/C12H18ClN3O2/c1-3-8(4-2)10(18)5-14-12-9(6-17)11(13)15-7-16-12/h6-8,10,18H,3-5H2,1-2H3,(H,14,15,16). The Bertz CT molecular complexity index is 397. The van der Waals surface area contributed by atoms with Crippen LogP contribution < -0.4 is 5.32 Å². The zero-order valence-electron chi connectivity index (χ0n) is 10.6. The minimum atomic E-state index is -0.478. The van der Waals surface area contributed by atoms with E-state index < -0.39 is 6.10 Å². The van der Waals surface area contributed by atoms with Crippen molar-refractivity contribution < 1.29 is 9.90 Å². The van der Waals surface area contributed by atoms with Crippen LogP contribution in [0.5, 0.6) is 0 Å². The molecule has 0 aromatic carbocycles. The van der Waals surface area contributed by atoms with Gasteiger partial charge in [0.25, 0.3) is 0 Å². The molecule has 0 aliphatic heterocycles. The number of nitrogens with zero attached hydrogens (tertiary/aromatic N) is 2. The van der Waals surface area contributed by atoms with E-state index in [2.05, 4.69) is 15.3 Å². The van der Waals surface area contributed by atoms with Crippen molar-refractivity contribution in [2.45, 2.75) is 32.8 Å². The smallest absolute Gasteiger partial charge is 0.156 e. The monoisotopic (exact) mass is 271 g/mol. The van der Waals surface area contributed by atoms with E-state index in [0.717, 1.165) is 12.8 Å². The number of aromatic nitrogens is 2. The molecule has 1 aromatic rings. The molecule has 0 saturated heterocycles. The topological polar surface area (TPSA) is 75.1 Å². The van der Waals surface area contributed by atoms with Gasteiger partial charge in [-0.2, -0.15) is 0 Å². The van der Waals surface area contributed by atoms with Crippen LogP contribution in [0, 0.1) is 5.92 Å². The lowest BCUT2D eigenvalue weighted by Crippen LogP contribution is -2.28. The fraction of sp³-hybridized carbons (Fsp3) is 0.583. The second kappa shape index (κ2) is 7.28. The lowest BCUT2D eigenvalue weighted by Gasteiger charge is -2.20. The van der Waals surface area contributed by atoms with Crippen LogP contribution in [-0.2, 0) is 0 Å². The number of aldehydes is 1. The van der Waals surface area contributed by atoms with Gasteiger partial charge >= 0.3 is 0 Å². The number of halogens is 1. The number of carbonyl (C=O) groups excluding carboxylic acids is 1. The highest BCUT2D eigenvalue weighted by Gasteiger charge is 2.16. The molecule has 5 nitrogen and oxygen atoms in total. The fourth-order valence-corrected chi connectivity index (χ4v) is 2.00. The molecule has 1 unspecified atom stereocenters. The number of carbonyl (C=O) groups is 1. The maximum Gasteiger partial charge on any atom is 0.156 e. The van der Waals surface area contributed by atoms with Gasteiger partial charge in [-0.15, -0.1) is 0 Å². The Labute approximate surface area is 112 Å². The first-order valence-corrected chi connectivity index (χ1v) is 6.39. The zero-order valence-corrected chi connectivity index (χ0v) is 11.3. The van der Waals surface area contributed by atoms with Crippen LogP contribution in [0.25, 0.3) is 0 Å². The van der Waals surface area contributed by atoms with Crippen molar-refractivity contribution in [3.8, 4) is 0 Å². The lowest BCUT2D eigenvalue weighted by molar-refractivity contribution is 0.111. The molecule has 6 heteroatoms. The van der Waals surface area contributed by atoms with Gasteiger partial charge in [0.2, 0.25) is 0 Å². The average molecular weight is 272 g/mol. The van der Waals surface area contributed by atoms with Gasteiger partial charge in [0.15, 0.2) is 6.29 Å². The van der Waals surface area contributed by atoms with Crippen LogP contribution in [-0.4, -0.2) is 34.0 Å². The Morgan fingerprint density at radius 1 is 1.44 bits per heavy atom. The number of anilines is 1. The maximum atomic E-state index is 10.9. The van der Waals surface area contributed by atoms with Crippen molar-refractivity contribution >= 4 is 23.7 Å². The highest BCUT2D eigenvalue weighted by molar-refractivity contribution is 6.32. The Morgan fingerprint density at radius 2 is 2.11 bits per heavy atom. The summed E-state index contributed by atoms with van der Waals surface area (Å²) in [6.07, 6.45) is 3.22. The van der Waals surface area contributed by atoms with Crippen LogP contribution >= 0.6 is 11.6 Å². The highest BCUT2D eigenvalue weighted by atomic mass is 35.5. The molecule has 2 N–H and O–H groups in total. The van der Waals surface area contributed by atoms with Crippen LogP contribution in [0.2, 0.25) is 5.15 Å². The molecular formula is C12H18ClN3O2. The van der Waals surface area contributed by atoms with E-state index in [0.29, 0.717) is 18.6 Å². The number of hydrogen-bond acceptors (Lipinski definition) is 5. The normalized spacial score (nSPS) is 12.5. The number of nitrogens with one attached hydrogen (secondary N) is 1. The van der Waals surface area contributed by atoms with Gasteiger partial charge in [0.05, 0.1) is 11.7 Å². The zero-order chi connectivity index (χ0) is 13.5. The van der Waals surface area contributed by atoms with Crippen molar-refractivity contribution in [1.29, 1.82) is 0 Å². The van der Waals surface area contributed by atoms with Gasteiger partial charge in [0, 0.05) is 6.54 Å². The molecule has 100 valence electrons. The van der Waals surface area contributed by atoms with E-state index in [-0.39, 0.29) is 16.6 Å². The first-order chi connectivity index (χ1) is 8.63. The summed E-state index contributed by atoms with van der Waals surface area (Å²) in [5.41, 5.74) is 0.218. The minimum Gasteiger partial charge on any atom is -0.391 e. The summed E-state index contributed by atoms with van der Waals surface area (Å²) >= 11 is 5.78. The van der Waals surface area contributed by atoms with Crippen molar-refractivity contribution in [3.05, 3.63) is 17.0 Å². The van der Waals surface area contributed by atoms with Crippen molar-refractivity contribution in [3.63, 3.8) is 0 Å². The summed E-state index contributed by atoms with van der Waals surface area (Å²) < 4.78 is 0. The lowest BCUT2D eigenvalue weighted by atomic mass is 9.96. The average Bonchev–Trinajstić information content (AvgIpc) is 2.37. The Hall–Kier alpha value is -1.20. The van der Waals surface area contributed by atoms with Crippen LogP contribution in [0.15, 0.2) is 6.33 Å². The van der Waals surface area contributed by atoms with E-state index >= 15 is 0 Å². The SMILES string of the molecule is CCC(CC)C(O)CNc1ncnc(Cl)c1C=O. The van der Waals surface area contributed by atoms with E-state index in [9.17, 15) is 9.90 Å². The summed E-state index contributed by atoms with van der Waals surface area (Å²) in [7, 11) is 0. The van der Waals surface area contributed by atoms with Gasteiger partial charge in [-0.1, -0.05) is 38.3 Å². The molecule has 1 heterocycles. The summed E-state index contributed by atoms with van der Waals surface area (Å²) in [4.78, 5) is 18.5. The second-order valence-electron chi connectivity index (χ2n) is 4.07. The second-order valence-corrected chi connectivity index (χ2v) is 4.43. The third-order valence-electron chi connectivity index (χ3n) is 3.02. The molecule has 0 bridgehead atoms. The molecule has 0 aliphatic rings. The Kier molecular flexibility index (Phi) is 6.01. The number of aliphatic hydroxyl groups excluding tert-OH is 1. The highest BCUT2D eigenvalue weighted by Crippen LogP contribution is 2.18. The molecule has 0 saturated carbocycles. The molecule has 1 atom stereocenters. The third-order valence-corrected chi connectivity index (χ3v) is 3.33. The molecule has 0 fully saturated rings. The van der Waals surface area contributed by atoms with Gasteiger partial charge in [-0.3, -0.25) is 4.79 Å². The Balaban J connectivity index is 2.69. The Morgan fingerprint density at radius 3 is 2.67 bits per heavy atom. The third kappa shape index (κ3) is 3.65. The predicted octanol–water partition coefficient (Wildman–Crippen LogP) is 2.15. The molecule has 0 spiro atoms. The summed E-state index contributed by atoms with van der Waals surface area (Å²) in [6, 6.07) is 0. The van der Waals surface area contributed by atoms with Crippen molar-refractivity contribution in [2.24, 2.45) is 5.92 Å². The predicted molar refractivity (Wildman–Crippen MR) is 71.0 cm³/mol. The van der Waals surface area contributed by atoms with E-state index in [1.807, 2.05) is 13.8 Å². The minimum absolute atomic E-state index is 0.111. The van der Waals surface area contributed by atoms with Gasteiger partial charge in [-0.05, 0) is 5.92 Å². The van der Waals surface area contributed by atoms with Crippen LogP contribution in [0.1, 0.15) is 37.0 Å². The summed E-state index contributed by atoms with van der Waals surface area (Å²) in [5, 5.41) is 13.0. The quantitative estimate of drug-likeness (QED) is 0.587. The van der Waals surface area contributed by atoms with E-state index in [1.165, 1.54) is 6.33 Å². The molecule has 0 aliphatic carbocycles. The van der Waals surface area contributed by atoms with E-state index in [1.54, 1.807) is 0 Å².